The van der Waals surface area contributed by atoms with E-state index in [1.54, 1.807) is 6.07 Å². The third-order valence-corrected chi connectivity index (χ3v) is 2.86. The van der Waals surface area contributed by atoms with E-state index in [0.717, 1.165) is 17.1 Å². The molecule has 0 unspecified atom stereocenters. The van der Waals surface area contributed by atoms with Gasteiger partial charge in [-0.1, -0.05) is 4.49 Å². The van der Waals surface area contributed by atoms with Gasteiger partial charge in [0.1, 0.15) is 0 Å². The van der Waals surface area contributed by atoms with Crippen LogP contribution >= 0.6 is 11.5 Å². The molecule has 18 heavy (non-hydrogen) atoms. The van der Waals surface area contributed by atoms with E-state index < -0.39 is 0 Å². The van der Waals surface area contributed by atoms with Crippen LogP contribution in [0.1, 0.15) is 21.1 Å². The highest BCUT2D eigenvalue weighted by atomic mass is 32.1. The van der Waals surface area contributed by atoms with Gasteiger partial charge in [-0.05, 0) is 32.6 Å². The topological polar surface area (TPSA) is 86.8 Å². The number of rotatable bonds is 4. The summed E-state index contributed by atoms with van der Waals surface area (Å²) in [5, 5.41) is 13.3. The van der Waals surface area contributed by atoms with Gasteiger partial charge in [-0.25, -0.2) is 0 Å². The summed E-state index contributed by atoms with van der Waals surface area (Å²) in [6.07, 6.45) is 0. The molecule has 0 fully saturated rings. The normalized spacial score (nSPS) is 10.9. The number of hydrogen-bond acceptors (Lipinski definition) is 6. The standard InChI is InChI=1S/C10H14N6OS/c1-6-9(14-15-18-6)10(17)11-8-4-7(12-13-8)5-16(2)3/h4H,5H2,1-3H3,(H2,11,12,13,17). The van der Waals surface area contributed by atoms with Crippen molar-refractivity contribution in [3.05, 3.63) is 22.3 Å². The van der Waals surface area contributed by atoms with Crippen LogP contribution in [0.2, 0.25) is 0 Å². The van der Waals surface area contributed by atoms with Crippen LogP contribution in [0.3, 0.4) is 0 Å². The molecule has 0 aliphatic carbocycles. The Balaban J connectivity index is 2.04. The van der Waals surface area contributed by atoms with Gasteiger partial charge in [-0.2, -0.15) is 5.10 Å². The van der Waals surface area contributed by atoms with Crippen molar-refractivity contribution in [1.82, 2.24) is 24.7 Å². The second-order valence-electron chi connectivity index (χ2n) is 4.15. The zero-order valence-electron chi connectivity index (χ0n) is 10.4. The van der Waals surface area contributed by atoms with Gasteiger partial charge in [-0.3, -0.25) is 9.89 Å². The zero-order valence-corrected chi connectivity index (χ0v) is 11.2. The van der Waals surface area contributed by atoms with E-state index in [9.17, 15) is 4.79 Å². The maximum absolute atomic E-state index is 11.9. The molecule has 0 aromatic carbocycles. The number of amides is 1. The lowest BCUT2D eigenvalue weighted by Gasteiger charge is -2.05. The molecule has 7 nitrogen and oxygen atoms in total. The van der Waals surface area contributed by atoms with Crippen LogP contribution in [0.4, 0.5) is 5.82 Å². The van der Waals surface area contributed by atoms with Gasteiger partial charge in [-0.15, -0.1) is 5.10 Å². The number of nitrogens with zero attached hydrogens (tertiary/aromatic N) is 4. The monoisotopic (exact) mass is 266 g/mol. The highest BCUT2D eigenvalue weighted by Gasteiger charge is 2.14. The summed E-state index contributed by atoms with van der Waals surface area (Å²) in [6.45, 7) is 2.54. The third-order valence-electron chi connectivity index (χ3n) is 2.23. The first-order valence-electron chi connectivity index (χ1n) is 5.35. The van der Waals surface area contributed by atoms with Gasteiger partial charge in [0.05, 0.1) is 10.6 Å². The van der Waals surface area contributed by atoms with Crippen molar-refractivity contribution in [2.75, 3.05) is 19.4 Å². The summed E-state index contributed by atoms with van der Waals surface area (Å²) in [7, 11) is 3.92. The van der Waals surface area contributed by atoms with Crippen molar-refractivity contribution in [2.24, 2.45) is 0 Å². The Morgan fingerprint density at radius 3 is 2.94 bits per heavy atom. The van der Waals surface area contributed by atoms with E-state index in [4.69, 9.17) is 0 Å². The van der Waals surface area contributed by atoms with Gasteiger partial charge < -0.3 is 10.2 Å². The van der Waals surface area contributed by atoms with Crippen LogP contribution in [-0.2, 0) is 6.54 Å². The molecule has 2 heterocycles. The number of hydrogen-bond donors (Lipinski definition) is 2. The van der Waals surface area contributed by atoms with Gasteiger partial charge in [0, 0.05) is 12.6 Å². The van der Waals surface area contributed by atoms with Crippen LogP contribution in [0.5, 0.6) is 0 Å². The molecule has 0 spiro atoms. The average molecular weight is 266 g/mol. The summed E-state index contributed by atoms with van der Waals surface area (Å²) in [4.78, 5) is 14.7. The molecule has 2 N–H and O–H groups in total. The fourth-order valence-electron chi connectivity index (χ4n) is 1.46. The van der Waals surface area contributed by atoms with Crippen molar-refractivity contribution in [2.45, 2.75) is 13.5 Å². The minimum Gasteiger partial charge on any atom is -0.304 e. The van der Waals surface area contributed by atoms with Crippen LogP contribution < -0.4 is 5.32 Å². The Bertz CT molecular complexity index is 546. The Morgan fingerprint density at radius 1 is 1.56 bits per heavy atom. The molecule has 1 amide bonds. The molecule has 0 atom stereocenters. The lowest BCUT2D eigenvalue weighted by Crippen LogP contribution is -2.13. The lowest BCUT2D eigenvalue weighted by atomic mass is 10.3. The number of aromatic amines is 1. The fraction of sp³-hybridized carbons (Fsp3) is 0.400. The summed E-state index contributed by atoms with van der Waals surface area (Å²) >= 11 is 1.20. The minimum absolute atomic E-state index is 0.288. The van der Waals surface area contributed by atoms with Crippen molar-refractivity contribution < 1.29 is 4.79 Å². The first-order chi connectivity index (χ1) is 8.56. The Morgan fingerprint density at radius 2 is 2.33 bits per heavy atom. The van der Waals surface area contributed by atoms with E-state index in [1.807, 2.05) is 25.9 Å². The first kappa shape index (κ1) is 12.7. The van der Waals surface area contributed by atoms with E-state index in [1.165, 1.54) is 11.5 Å². The average Bonchev–Trinajstić information content (AvgIpc) is 2.87. The molecule has 0 radical (unpaired) electrons. The molecule has 96 valence electrons. The molecule has 2 aromatic heterocycles. The number of aryl methyl sites for hydroxylation is 1. The molecular formula is C10H14N6OS. The van der Waals surface area contributed by atoms with Gasteiger partial charge >= 0.3 is 0 Å². The first-order valence-corrected chi connectivity index (χ1v) is 6.13. The number of nitrogens with one attached hydrogen (secondary N) is 2. The van der Waals surface area contributed by atoms with Crippen molar-refractivity contribution >= 4 is 23.3 Å². The van der Waals surface area contributed by atoms with E-state index in [2.05, 4.69) is 25.1 Å². The number of aromatic nitrogens is 4. The Kier molecular flexibility index (Phi) is 3.68. The van der Waals surface area contributed by atoms with Crippen molar-refractivity contribution in [1.29, 1.82) is 0 Å². The smallest absolute Gasteiger partial charge is 0.278 e. The highest BCUT2D eigenvalue weighted by molar-refractivity contribution is 7.05. The summed E-state index contributed by atoms with van der Waals surface area (Å²) in [5.74, 6) is 0.202. The number of anilines is 1. The molecule has 8 heteroatoms. The predicted octanol–water partition coefficient (Wildman–Crippen LogP) is 0.884. The molecule has 0 saturated heterocycles. The van der Waals surface area contributed by atoms with Crippen LogP contribution in [0.15, 0.2) is 6.07 Å². The molecule has 0 bridgehead atoms. The van der Waals surface area contributed by atoms with Gasteiger partial charge in [0.2, 0.25) is 0 Å². The quantitative estimate of drug-likeness (QED) is 0.858. The summed E-state index contributed by atoms with van der Waals surface area (Å²) in [5.41, 5.74) is 1.28. The predicted molar refractivity (Wildman–Crippen MR) is 68.6 cm³/mol. The van der Waals surface area contributed by atoms with E-state index in [-0.39, 0.29) is 5.91 Å². The zero-order chi connectivity index (χ0) is 13.1. The Hall–Kier alpha value is -1.80. The number of carbonyl (C=O) groups excluding carboxylic acids is 1. The van der Waals surface area contributed by atoms with Crippen molar-refractivity contribution in [3.8, 4) is 0 Å². The van der Waals surface area contributed by atoms with Gasteiger partial charge in [0.25, 0.3) is 5.91 Å². The molecule has 0 aliphatic heterocycles. The maximum atomic E-state index is 11.9. The minimum atomic E-state index is -0.288. The number of carbonyl (C=O) groups is 1. The Labute approximate surface area is 108 Å². The molecule has 2 aromatic rings. The fourth-order valence-corrected chi connectivity index (χ4v) is 1.93. The highest BCUT2D eigenvalue weighted by Crippen LogP contribution is 2.12. The molecular weight excluding hydrogens is 252 g/mol. The van der Waals surface area contributed by atoms with Crippen molar-refractivity contribution in [3.63, 3.8) is 0 Å². The largest absolute Gasteiger partial charge is 0.304 e. The van der Waals surface area contributed by atoms with E-state index >= 15 is 0 Å². The number of H-pyrrole nitrogens is 1. The van der Waals surface area contributed by atoms with Gasteiger partial charge in [0.15, 0.2) is 11.5 Å². The second-order valence-corrected chi connectivity index (χ2v) is 5.11. The maximum Gasteiger partial charge on any atom is 0.278 e. The summed E-state index contributed by atoms with van der Waals surface area (Å²) in [6, 6.07) is 1.80. The molecule has 0 saturated carbocycles. The van der Waals surface area contributed by atoms with Crippen LogP contribution in [0.25, 0.3) is 0 Å². The second kappa shape index (κ2) is 5.23. The van der Waals surface area contributed by atoms with Crippen LogP contribution in [-0.4, -0.2) is 44.7 Å². The molecule has 0 aliphatic rings. The van der Waals surface area contributed by atoms with Crippen LogP contribution in [0, 0.1) is 6.92 Å². The summed E-state index contributed by atoms with van der Waals surface area (Å²) < 4.78 is 3.72. The van der Waals surface area contributed by atoms with E-state index in [0.29, 0.717) is 11.5 Å². The third kappa shape index (κ3) is 2.90. The molecule has 2 rings (SSSR count). The SMILES string of the molecule is Cc1snnc1C(=O)Nc1cc(CN(C)C)[nH]n1. The lowest BCUT2D eigenvalue weighted by molar-refractivity contribution is 0.102.